The average Bonchev–Trinajstić information content (AvgIpc) is 1.52. The molecule has 0 amide bonds. The minimum absolute atomic E-state index is 0.0370. The fourth-order valence-electron chi connectivity index (χ4n) is 0.285. The van der Waals surface area contributed by atoms with Crippen molar-refractivity contribution < 1.29 is 28.6 Å². The summed E-state index contributed by atoms with van der Waals surface area (Å²) >= 11 is 0. The smallest absolute Gasteiger partial charge is 0.0916 e. The minimum atomic E-state index is -3.92. The van der Waals surface area contributed by atoms with E-state index in [0.717, 1.165) is 0 Å². The molecule has 3 N–H and O–H groups in total. The summed E-state index contributed by atoms with van der Waals surface area (Å²) in [5.74, 6) is -1.03. The van der Waals surface area contributed by atoms with Gasteiger partial charge in [-0.25, -0.2) is 8.42 Å². The van der Waals surface area contributed by atoms with Crippen LogP contribution in [0.3, 0.4) is 0 Å². The lowest BCUT2D eigenvalue weighted by Gasteiger charge is -1.99. The van der Waals surface area contributed by atoms with E-state index >= 15 is 0 Å². The fourth-order valence-corrected chi connectivity index (χ4v) is 0.285. The van der Waals surface area contributed by atoms with Crippen molar-refractivity contribution in [1.82, 2.24) is 0 Å². The second-order valence-electron chi connectivity index (χ2n) is 2.39. The summed E-state index contributed by atoms with van der Waals surface area (Å²) in [5, 5.41) is 9.66. The second kappa shape index (κ2) is 5.92. The number of rotatable bonds is 2. The first-order chi connectivity index (χ1) is 5.13. The first-order valence-corrected chi connectivity index (χ1v) is 4.88. The Labute approximate surface area is 71.1 Å². The van der Waals surface area contributed by atoms with Crippen LogP contribution in [0.5, 0.6) is 0 Å². The third kappa shape index (κ3) is 58.2. The Kier molecular flexibility index (Phi) is 6.86. The Morgan fingerprint density at radius 1 is 1.58 bits per heavy atom. The predicted molar refractivity (Wildman–Crippen MR) is 37.6 cm³/mol. The van der Waals surface area contributed by atoms with Crippen molar-refractivity contribution in [3.63, 3.8) is 0 Å². The van der Waals surface area contributed by atoms with Gasteiger partial charge in [-0.15, -0.1) is 0 Å². The van der Waals surface area contributed by atoms with Crippen LogP contribution < -0.4 is 10.8 Å². The Balaban J connectivity index is 0. The maximum atomic E-state index is 9.66. The van der Waals surface area contributed by atoms with Gasteiger partial charge in [-0.2, -0.15) is 0 Å². The van der Waals surface area contributed by atoms with E-state index in [4.69, 9.17) is 13.0 Å². The highest BCUT2D eigenvalue weighted by Gasteiger charge is 1.94. The van der Waals surface area contributed by atoms with Crippen molar-refractivity contribution in [3.8, 4) is 0 Å². The molecule has 1 atom stereocenters. The van der Waals surface area contributed by atoms with Crippen LogP contribution in [0.2, 0.25) is 0 Å². The summed E-state index contributed by atoms with van der Waals surface area (Å²) in [7, 11) is -3.92. The fraction of sp³-hybridized carbons (Fsp3) is 0.800. The van der Waals surface area contributed by atoms with E-state index in [-0.39, 0.29) is 12.5 Å². The molecular weight excluding hydrogens is 186 g/mol. The van der Waals surface area contributed by atoms with E-state index in [9.17, 15) is 9.90 Å². The Morgan fingerprint density at radius 3 is 1.83 bits per heavy atom. The van der Waals surface area contributed by atoms with Crippen molar-refractivity contribution >= 4 is 16.1 Å². The van der Waals surface area contributed by atoms with Gasteiger partial charge in [0.25, 0.3) is 0 Å². The van der Waals surface area contributed by atoms with E-state index in [0.29, 0.717) is 6.26 Å². The van der Waals surface area contributed by atoms with Crippen LogP contribution in [0.15, 0.2) is 0 Å². The molecule has 1 unspecified atom stereocenters. The zero-order valence-electron chi connectivity index (χ0n) is 6.94. The maximum absolute atomic E-state index is 9.66. The molecule has 0 fully saturated rings. The molecule has 0 radical (unpaired) electrons. The third-order valence-electron chi connectivity index (χ3n) is 0.515. The lowest BCUT2D eigenvalue weighted by molar-refractivity contribution is -0.418. The highest BCUT2D eigenvalue weighted by molar-refractivity contribution is 7.84. The van der Waals surface area contributed by atoms with Crippen LogP contribution in [0, 0.1) is 0 Å². The van der Waals surface area contributed by atoms with Crippen LogP contribution in [0.25, 0.3) is 0 Å². The van der Waals surface area contributed by atoms with Gasteiger partial charge in [0.2, 0.25) is 0 Å². The first kappa shape index (κ1) is 13.9. The van der Waals surface area contributed by atoms with Gasteiger partial charge in [0.05, 0.1) is 16.2 Å². The molecule has 12 heavy (non-hydrogen) atoms. The normalized spacial score (nSPS) is 12.7. The molecule has 0 aromatic heterocycles. The molecule has 0 spiro atoms. The number of carboxylic acid groups (broad SMARTS) is 1. The SMILES string of the molecule is CC([NH3+])CC(=O)[O-].CS(=O)(=O)[O-]. The monoisotopic (exact) mass is 198 g/mol. The van der Waals surface area contributed by atoms with Crippen LogP contribution in [-0.4, -0.2) is 31.2 Å². The van der Waals surface area contributed by atoms with Gasteiger partial charge in [-0.3, -0.25) is 0 Å². The van der Waals surface area contributed by atoms with Crippen LogP contribution in [0.4, 0.5) is 0 Å². The Bertz CT molecular complexity index is 212. The lowest BCUT2D eigenvalue weighted by Crippen LogP contribution is -2.60. The average molecular weight is 198 g/mol. The van der Waals surface area contributed by atoms with Gasteiger partial charge in [-0.1, -0.05) is 0 Å². The van der Waals surface area contributed by atoms with Crippen molar-refractivity contribution in [1.29, 1.82) is 0 Å². The van der Waals surface area contributed by atoms with Crippen LogP contribution in [0.1, 0.15) is 13.3 Å². The molecule has 0 aliphatic heterocycles. The number of aliphatic carboxylic acids is 1. The minimum Gasteiger partial charge on any atom is -0.748 e. The molecule has 0 aliphatic carbocycles. The van der Waals surface area contributed by atoms with Crippen molar-refractivity contribution in [3.05, 3.63) is 0 Å². The van der Waals surface area contributed by atoms with Gasteiger partial charge in [0.1, 0.15) is 0 Å². The number of carbonyl (C=O) groups excluding carboxylic acids is 1. The topological polar surface area (TPSA) is 125 Å². The standard InChI is InChI=1S/C4H9NO2.CH4O3S/c1-3(5)2-4(6)7;1-5(2,3)4/h3H,2,5H2,1H3,(H,6,7);1H3,(H,2,3,4)/p-1. The lowest BCUT2D eigenvalue weighted by atomic mass is 10.3. The van der Waals surface area contributed by atoms with Crippen LogP contribution >= 0.6 is 0 Å². The number of carboxylic acids is 1. The Hall–Kier alpha value is -0.660. The largest absolute Gasteiger partial charge is 0.748 e. The van der Waals surface area contributed by atoms with E-state index in [2.05, 4.69) is 5.73 Å². The van der Waals surface area contributed by atoms with Gasteiger partial charge in [-0.05, 0) is 6.92 Å². The molecule has 0 saturated carbocycles. The molecule has 0 saturated heterocycles. The molecule has 0 rings (SSSR count). The second-order valence-corrected chi connectivity index (χ2v) is 3.79. The first-order valence-electron chi connectivity index (χ1n) is 3.06. The van der Waals surface area contributed by atoms with Crippen LogP contribution in [-0.2, 0) is 14.9 Å². The number of hydrogen-bond acceptors (Lipinski definition) is 5. The summed E-state index contributed by atoms with van der Waals surface area (Å²) in [4.78, 5) is 9.66. The molecule has 0 bridgehead atoms. The Morgan fingerprint density at radius 2 is 1.83 bits per heavy atom. The summed E-state index contributed by atoms with van der Waals surface area (Å²) < 4.78 is 27.2. The van der Waals surface area contributed by atoms with Gasteiger partial charge in [0.15, 0.2) is 0 Å². The number of hydrogen-bond donors (Lipinski definition) is 1. The zero-order chi connectivity index (χ0) is 10.4. The number of quaternary nitrogens is 1. The van der Waals surface area contributed by atoms with Gasteiger partial charge >= 0.3 is 0 Å². The zero-order valence-corrected chi connectivity index (χ0v) is 7.76. The van der Waals surface area contributed by atoms with Gasteiger partial charge < -0.3 is 20.2 Å². The molecule has 0 aliphatic rings. The molecular formula is C5H12NO5S-. The molecule has 0 heterocycles. The van der Waals surface area contributed by atoms with Gasteiger partial charge in [0, 0.05) is 18.6 Å². The summed E-state index contributed by atoms with van der Waals surface area (Å²) in [6, 6.07) is -0.0370. The quantitative estimate of drug-likeness (QED) is 0.471. The predicted octanol–water partition coefficient (Wildman–Crippen LogP) is -3.08. The summed E-state index contributed by atoms with van der Waals surface area (Å²) in [6.45, 7) is 1.73. The third-order valence-corrected chi connectivity index (χ3v) is 0.515. The molecule has 0 aromatic carbocycles. The number of carbonyl (C=O) groups is 1. The molecule has 0 aromatic rings. The van der Waals surface area contributed by atoms with Crippen molar-refractivity contribution in [2.24, 2.45) is 0 Å². The summed E-state index contributed by atoms with van der Waals surface area (Å²) in [5.41, 5.74) is 3.46. The van der Waals surface area contributed by atoms with E-state index in [1.165, 1.54) is 0 Å². The summed E-state index contributed by atoms with van der Waals surface area (Å²) in [6.07, 6.45) is 0.660. The van der Waals surface area contributed by atoms with E-state index < -0.39 is 16.1 Å². The van der Waals surface area contributed by atoms with E-state index in [1.807, 2.05) is 0 Å². The molecule has 6 nitrogen and oxygen atoms in total. The molecule has 74 valence electrons. The maximum Gasteiger partial charge on any atom is 0.0916 e. The molecule has 7 heteroatoms. The highest BCUT2D eigenvalue weighted by atomic mass is 32.2. The van der Waals surface area contributed by atoms with Crippen molar-refractivity contribution in [2.75, 3.05) is 6.26 Å². The highest BCUT2D eigenvalue weighted by Crippen LogP contribution is 1.76. The van der Waals surface area contributed by atoms with Crippen molar-refractivity contribution in [2.45, 2.75) is 19.4 Å². The van der Waals surface area contributed by atoms with E-state index in [1.54, 1.807) is 6.92 Å².